The first-order valence-corrected chi connectivity index (χ1v) is 10.3. The summed E-state index contributed by atoms with van der Waals surface area (Å²) in [6.07, 6.45) is 2.56. The second kappa shape index (κ2) is 7.94. The average Bonchev–Trinajstić information content (AvgIpc) is 2.93. The van der Waals surface area contributed by atoms with Gasteiger partial charge in [-0.1, -0.05) is 32.9 Å². The molecule has 1 aromatic heterocycles. The lowest BCUT2D eigenvalue weighted by Crippen LogP contribution is -2.18. The van der Waals surface area contributed by atoms with Crippen LogP contribution in [0.3, 0.4) is 0 Å². The van der Waals surface area contributed by atoms with E-state index in [1.807, 2.05) is 38.1 Å². The van der Waals surface area contributed by atoms with Gasteiger partial charge in [-0.3, -0.25) is 0 Å². The van der Waals surface area contributed by atoms with Crippen LogP contribution in [0.4, 0.5) is 0 Å². The minimum Gasteiger partial charge on any atom is -0.200 e. The topological polar surface area (TPSA) is 58.5 Å². The van der Waals surface area contributed by atoms with Gasteiger partial charge >= 0.3 is 0 Å². The van der Waals surface area contributed by atoms with Crippen molar-refractivity contribution in [2.45, 2.75) is 44.9 Å². The van der Waals surface area contributed by atoms with Gasteiger partial charge < -0.3 is 0 Å². The molecule has 6 heteroatoms. The monoisotopic (exact) mass is 364 g/mol. The molecule has 24 heavy (non-hydrogen) atoms. The smallest absolute Gasteiger partial charge is 0.200 e. The van der Waals surface area contributed by atoms with Crippen molar-refractivity contribution in [3.05, 3.63) is 51.7 Å². The summed E-state index contributed by atoms with van der Waals surface area (Å²) in [5.74, 6) is 0.609. The van der Waals surface area contributed by atoms with Crippen LogP contribution in [0.2, 0.25) is 0 Å². The molecule has 0 saturated carbocycles. The van der Waals surface area contributed by atoms with Crippen molar-refractivity contribution in [2.75, 3.05) is 0 Å². The molecule has 1 aromatic carbocycles. The number of benzene rings is 1. The van der Waals surface area contributed by atoms with Crippen molar-refractivity contribution in [3.8, 4) is 0 Å². The lowest BCUT2D eigenvalue weighted by Gasteiger charge is -2.07. The number of thiophene rings is 1. The Kier molecular flexibility index (Phi) is 6.18. The van der Waals surface area contributed by atoms with Crippen molar-refractivity contribution in [3.63, 3.8) is 0 Å². The predicted octanol–water partition coefficient (Wildman–Crippen LogP) is 4.32. The minimum atomic E-state index is -3.62. The van der Waals surface area contributed by atoms with Crippen molar-refractivity contribution in [1.82, 2.24) is 4.83 Å². The van der Waals surface area contributed by atoms with Gasteiger partial charge in [0.2, 0.25) is 0 Å². The molecule has 4 nitrogen and oxygen atoms in total. The molecule has 1 N–H and O–H groups in total. The molecule has 0 aliphatic carbocycles. The highest BCUT2D eigenvalue weighted by atomic mass is 32.2. The molecule has 0 aliphatic rings. The third kappa shape index (κ3) is 5.18. The van der Waals surface area contributed by atoms with Gasteiger partial charge in [0.15, 0.2) is 0 Å². The highest BCUT2D eigenvalue weighted by molar-refractivity contribution is 7.89. The maximum Gasteiger partial charge on any atom is 0.276 e. The van der Waals surface area contributed by atoms with Gasteiger partial charge in [0.05, 0.1) is 4.90 Å². The summed E-state index contributed by atoms with van der Waals surface area (Å²) in [6.45, 7) is 8.31. The van der Waals surface area contributed by atoms with Crippen molar-refractivity contribution in [1.29, 1.82) is 0 Å². The molecule has 2 rings (SSSR count). The predicted molar refractivity (Wildman–Crippen MR) is 101 cm³/mol. The van der Waals surface area contributed by atoms with Crippen LogP contribution in [-0.2, 0) is 16.4 Å². The summed E-state index contributed by atoms with van der Waals surface area (Å²) in [5.41, 5.74) is 1.13. The van der Waals surface area contributed by atoms with Crippen LogP contribution in [0.1, 0.15) is 42.0 Å². The minimum absolute atomic E-state index is 0.0693. The summed E-state index contributed by atoms with van der Waals surface area (Å²) in [6, 6.07) is 11.1. The number of hydrogen-bond donors (Lipinski definition) is 1. The Morgan fingerprint density at radius 3 is 2.33 bits per heavy atom. The van der Waals surface area contributed by atoms with Gasteiger partial charge in [-0.15, -0.1) is 11.3 Å². The van der Waals surface area contributed by atoms with Crippen LogP contribution < -0.4 is 4.83 Å². The Bertz CT molecular complexity index is 791. The summed E-state index contributed by atoms with van der Waals surface area (Å²) in [7, 11) is -3.62. The van der Waals surface area contributed by atoms with Gasteiger partial charge in [0, 0.05) is 21.9 Å². The van der Waals surface area contributed by atoms with Crippen molar-refractivity contribution < 1.29 is 8.42 Å². The Hall–Kier alpha value is -1.66. The van der Waals surface area contributed by atoms with Gasteiger partial charge in [-0.2, -0.15) is 13.5 Å². The fourth-order valence-corrected chi connectivity index (χ4v) is 4.00. The molecule has 0 aliphatic heterocycles. The molecular weight excluding hydrogens is 340 g/mol. The third-order valence-corrected chi connectivity index (χ3v) is 6.00. The second-order valence-corrected chi connectivity index (χ2v) is 9.33. The maximum atomic E-state index is 12.3. The quantitative estimate of drug-likeness (QED) is 0.587. The average molecular weight is 365 g/mol. The maximum absolute atomic E-state index is 12.3. The van der Waals surface area contributed by atoms with E-state index in [9.17, 15) is 8.42 Å². The van der Waals surface area contributed by atoms with Crippen molar-refractivity contribution >= 4 is 27.6 Å². The van der Waals surface area contributed by atoms with Crippen LogP contribution in [0.25, 0.3) is 0 Å². The fourth-order valence-electron chi connectivity index (χ4n) is 2.31. The molecule has 0 amide bonds. The van der Waals surface area contributed by atoms with E-state index < -0.39 is 10.0 Å². The lowest BCUT2D eigenvalue weighted by atomic mass is 10.0. The number of rotatable bonds is 7. The van der Waals surface area contributed by atoms with E-state index in [0.29, 0.717) is 5.92 Å². The van der Waals surface area contributed by atoms with Gasteiger partial charge in [0.25, 0.3) is 10.0 Å². The van der Waals surface area contributed by atoms with E-state index >= 15 is 0 Å². The number of aryl methyl sites for hydroxylation is 1. The number of nitrogens with one attached hydrogen (secondary N) is 1. The standard InChI is InChI=1S/C18H24N2O2S2/c1-13(2)11-16-6-8-17(9-7-16)24(21,22)20-19-12-14(3)18-10-5-15(4)23-18/h5-10,12-14,20H,11H2,1-4H3/b19-12-/t14-/m1/s1. The van der Waals surface area contributed by atoms with E-state index in [1.165, 1.54) is 4.88 Å². The molecule has 0 radical (unpaired) electrons. The normalized spacial score (nSPS) is 13.5. The zero-order chi connectivity index (χ0) is 17.7. The molecule has 130 valence electrons. The van der Waals surface area contributed by atoms with E-state index in [0.717, 1.165) is 16.9 Å². The van der Waals surface area contributed by atoms with E-state index in [4.69, 9.17) is 0 Å². The highest BCUT2D eigenvalue weighted by Gasteiger charge is 2.13. The first-order chi connectivity index (χ1) is 11.3. The largest absolute Gasteiger partial charge is 0.276 e. The Labute approximate surface area is 148 Å². The first-order valence-electron chi connectivity index (χ1n) is 7.98. The van der Waals surface area contributed by atoms with Crippen LogP contribution >= 0.6 is 11.3 Å². The van der Waals surface area contributed by atoms with Gasteiger partial charge in [-0.05, 0) is 49.1 Å². The van der Waals surface area contributed by atoms with Gasteiger partial charge in [0.1, 0.15) is 0 Å². The number of hydrazone groups is 1. The van der Waals surface area contributed by atoms with Crippen LogP contribution in [-0.4, -0.2) is 14.6 Å². The summed E-state index contributed by atoms with van der Waals surface area (Å²) >= 11 is 1.69. The second-order valence-electron chi connectivity index (χ2n) is 6.35. The first kappa shape index (κ1) is 18.7. The molecule has 0 unspecified atom stereocenters. The Balaban J connectivity index is 2.01. The Morgan fingerprint density at radius 2 is 1.79 bits per heavy atom. The molecule has 0 spiro atoms. The summed E-state index contributed by atoms with van der Waals surface area (Å²) in [5, 5.41) is 3.92. The number of nitrogens with zero attached hydrogens (tertiary/aromatic N) is 1. The third-order valence-electron chi connectivity index (χ3n) is 3.56. The molecule has 0 bridgehead atoms. The Morgan fingerprint density at radius 1 is 1.12 bits per heavy atom. The lowest BCUT2D eigenvalue weighted by molar-refractivity contribution is 0.584. The van der Waals surface area contributed by atoms with Crippen LogP contribution in [0.5, 0.6) is 0 Å². The fraction of sp³-hybridized carbons (Fsp3) is 0.389. The highest BCUT2D eigenvalue weighted by Crippen LogP contribution is 2.22. The molecule has 1 heterocycles. The number of hydrogen-bond acceptors (Lipinski definition) is 4. The molecular formula is C18H24N2O2S2. The molecule has 0 fully saturated rings. The van der Waals surface area contributed by atoms with Crippen LogP contribution in [0.15, 0.2) is 46.4 Å². The SMILES string of the molecule is Cc1ccc([C@H](C)/C=N\NS(=O)(=O)c2ccc(CC(C)C)cc2)s1. The molecule has 0 saturated heterocycles. The van der Waals surface area contributed by atoms with Crippen LogP contribution in [0, 0.1) is 12.8 Å². The summed E-state index contributed by atoms with van der Waals surface area (Å²) < 4.78 is 24.5. The summed E-state index contributed by atoms with van der Waals surface area (Å²) in [4.78, 5) is 4.91. The van der Waals surface area contributed by atoms with Gasteiger partial charge in [-0.25, -0.2) is 4.83 Å². The molecule has 2 aromatic rings. The van der Waals surface area contributed by atoms with E-state index in [2.05, 4.69) is 23.8 Å². The van der Waals surface area contributed by atoms with E-state index in [1.54, 1.807) is 29.7 Å². The van der Waals surface area contributed by atoms with E-state index in [-0.39, 0.29) is 10.8 Å². The zero-order valence-corrected chi connectivity index (χ0v) is 16.1. The zero-order valence-electron chi connectivity index (χ0n) is 14.5. The van der Waals surface area contributed by atoms with Crippen molar-refractivity contribution in [2.24, 2.45) is 11.0 Å². The number of sulfonamides is 1. The molecule has 1 atom stereocenters.